The Kier molecular flexibility index (Phi) is 3.73. The molecule has 0 fully saturated rings. The first-order chi connectivity index (χ1) is 9.35. The minimum absolute atomic E-state index is 0.0175. The molecule has 2 aromatic rings. The van der Waals surface area contributed by atoms with E-state index in [0.717, 1.165) is 12.1 Å². The normalized spacial score (nSPS) is 11.6. The molecule has 0 radical (unpaired) electrons. The molecule has 9 heteroatoms. The number of furan rings is 1. The summed E-state index contributed by atoms with van der Waals surface area (Å²) in [4.78, 5) is 0. The van der Waals surface area contributed by atoms with Crippen LogP contribution in [0, 0.1) is 17.5 Å². The molecule has 0 saturated carbocycles. The number of nitrogens with one attached hydrogen (secondary N) is 1. The average molecular weight is 307 g/mol. The smallest absolute Gasteiger partial charge is 0.295 e. The van der Waals surface area contributed by atoms with E-state index in [1.807, 2.05) is 0 Å². The predicted octanol–water partition coefficient (Wildman–Crippen LogP) is 1.99. The Bertz CT molecular complexity index is 742. The van der Waals surface area contributed by atoms with Gasteiger partial charge in [-0.1, -0.05) is 0 Å². The lowest BCUT2D eigenvalue weighted by atomic mass is 10.3. The van der Waals surface area contributed by atoms with Crippen LogP contribution in [0.2, 0.25) is 0 Å². The molecule has 0 amide bonds. The molecule has 5 nitrogen and oxygen atoms in total. The molecule has 108 valence electrons. The van der Waals surface area contributed by atoms with E-state index < -0.39 is 44.9 Å². The minimum Gasteiger partial charge on any atom is -0.445 e. The largest absolute Gasteiger partial charge is 0.445 e. The fourth-order valence-corrected chi connectivity index (χ4v) is 2.40. The van der Waals surface area contributed by atoms with E-state index in [9.17, 15) is 21.6 Å². The van der Waals surface area contributed by atoms with E-state index in [1.54, 1.807) is 4.72 Å². The van der Waals surface area contributed by atoms with Gasteiger partial charge < -0.3 is 9.52 Å². The number of aliphatic hydroxyl groups excluding tert-OH is 1. The molecule has 0 saturated heterocycles. The van der Waals surface area contributed by atoms with Gasteiger partial charge in [-0.3, -0.25) is 4.72 Å². The van der Waals surface area contributed by atoms with Gasteiger partial charge in [0.05, 0.1) is 5.69 Å². The quantitative estimate of drug-likeness (QED) is 0.847. The number of sulfonamides is 1. The number of benzene rings is 1. The number of hydrogen-bond donors (Lipinski definition) is 2. The molecular formula is C11H8F3NO4S. The van der Waals surface area contributed by atoms with Crippen LogP contribution in [0.1, 0.15) is 5.76 Å². The van der Waals surface area contributed by atoms with Crippen LogP contribution in [0.25, 0.3) is 0 Å². The highest BCUT2D eigenvalue weighted by Gasteiger charge is 2.22. The van der Waals surface area contributed by atoms with Crippen LogP contribution in [-0.4, -0.2) is 13.5 Å². The topological polar surface area (TPSA) is 79.5 Å². The van der Waals surface area contributed by atoms with Crippen molar-refractivity contribution >= 4 is 15.7 Å². The van der Waals surface area contributed by atoms with Gasteiger partial charge in [-0.05, 0) is 24.3 Å². The molecule has 0 atom stereocenters. The highest BCUT2D eigenvalue weighted by molar-refractivity contribution is 7.92. The standard InChI is InChI=1S/C11H8F3NO4S/c12-7-2-3-8(11(14)10(7)13)15-20(17,18)9-4-1-6(5-16)19-9/h1-4,15-16H,5H2. The summed E-state index contributed by atoms with van der Waals surface area (Å²) in [5, 5.41) is 8.17. The molecule has 2 N–H and O–H groups in total. The third kappa shape index (κ3) is 2.63. The summed E-state index contributed by atoms with van der Waals surface area (Å²) in [5.74, 6) is -4.91. The summed E-state index contributed by atoms with van der Waals surface area (Å²) in [6.07, 6.45) is 0. The van der Waals surface area contributed by atoms with E-state index in [0.29, 0.717) is 6.07 Å². The maximum atomic E-state index is 13.4. The van der Waals surface area contributed by atoms with Crippen LogP contribution in [0.3, 0.4) is 0 Å². The molecule has 0 aliphatic heterocycles. The van der Waals surface area contributed by atoms with Crippen LogP contribution >= 0.6 is 0 Å². The van der Waals surface area contributed by atoms with Crippen LogP contribution in [0.15, 0.2) is 33.8 Å². The van der Waals surface area contributed by atoms with Gasteiger partial charge in [0.1, 0.15) is 12.4 Å². The van der Waals surface area contributed by atoms with Crippen molar-refractivity contribution in [3.8, 4) is 0 Å². The molecule has 0 unspecified atom stereocenters. The van der Waals surface area contributed by atoms with E-state index in [2.05, 4.69) is 0 Å². The minimum atomic E-state index is -4.31. The lowest BCUT2D eigenvalue weighted by Gasteiger charge is -2.07. The zero-order valence-electron chi connectivity index (χ0n) is 9.73. The lowest BCUT2D eigenvalue weighted by molar-refractivity contribution is 0.236. The Labute approximate surface area is 111 Å². The Hall–Kier alpha value is -2.00. The Balaban J connectivity index is 2.36. The van der Waals surface area contributed by atoms with Crippen molar-refractivity contribution in [1.29, 1.82) is 0 Å². The summed E-state index contributed by atoms with van der Waals surface area (Å²) < 4.78 is 69.2. The van der Waals surface area contributed by atoms with Crippen molar-refractivity contribution in [1.82, 2.24) is 0 Å². The predicted molar refractivity (Wildman–Crippen MR) is 61.8 cm³/mol. The zero-order valence-corrected chi connectivity index (χ0v) is 10.5. The van der Waals surface area contributed by atoms with Crippen LogP contribution in [0.4, 0.5) is 18.9 Å². The van der Waals surface area contributed by atoms with Crippen molar-refractivity contribution < 1.29 is 31.1 Å². The van der Waals surface area contributed by atoms with Crippen LogP contribution in [-0.2, 0) is 16.6 Å². The third-order valence-electron chi connectivity index (χ3n) is 2.34. The fraction of sp³-hybridized carbons (Fsp3) is 0.0909. The van der Waals surface area contributed by atoms with E-state index in [1.165, 1.54) is 6.07 Å². The summed E-state index contributed by atoms with van der Waals surface area (Å²) in [5.41, 5.74) is -0.758. The van der Waals surface area contributed by atoms with Gasteiger partial charge in [-0.25, -0.2) is 13.2 Å². The first kappa shape index (κ1) is 14.4. The summed E-state index contributed by atoms with van der Waals surface area (Å²) in [6, 6.07) is 3.56. The molecule has 0 aliphatic carbocycles. The zero-order chi connectivity index (χ0) is 14.9. The molecule has 1 aromatic carbocycles. The number of halogens is 3. The molecule has 2 rings (SSSR count). The van der Waals surface area contributed by atoms with E-state index in [4.69, 9.17) is 9.52 Å². The molecular weight excluding hydrogens is 299 g/mol. The SMILES string of the molecule is O=S(=O)(Nc1ccc(F)c(F)c1F)c1ccc(CO)o1. The van der Waals surface area contributed by atoms with Gasteiger partial charge >= 0.3 is 0 Å². The first-order valence-electron chi connectivity index (χ1n) is 5.21. The van der Waals surface area contributed by atoms with Crippen molar-refractivity contribution in [2.45, 2.75) is 11.7 Å². The monoisotopic (exact) mass is 307 g/mol. The number of aliphatic hydroxyl groups is 1. The molecule has 1 aromatic heterocycles. The summed E-state index contributed by atoms with van der Waals surface area (Å²) in [6.45, 7) is -0.519. The van der Waals surface area contributed by atoms with Gasteiger partial charge in [0.2, 0.25) is 5.09 Å². The Morgan fingerprint density at radius 1 is 1.10 bits per heavy atom. The number of anilines is 1. The van der Waals surface area contributed by atoms with Crippen LogP contribution in [0.5, 0.6) is 0 Å². The second kappa shape index (κ2) is 5.17. The van der Waals surface area contributed by atoms with Gasteiger partial charge in [-0.2, -0.15) is 8.42 Å². The Morgan fingerprint density at radius 3 is 2.40 bits per heavy atom. The van der Waals surface area contributed by atoms with Crippen LogP contribution < -0.4 is 4.72 Å². The molecule has 0 aliphatic rings. The van der Waals surface area contributed by atoms with Gasteiger partial charge in [0, 0.05) is 0 Å². The van der Waals surface area contributed by atoms with Crippen molar-refractivity contribution in [2.75, 3.05) is 4.72 Å². The second-order valence-electron chi connectivity index (χ2n) is 3.71. The summed E-state index contributed by atoms with van der Waals surface area (Å²) >= 11 is 0. The number of rotatable bonds is 4. The van der Waals surface area contributed by atoms with Crippen molar-refractivity contribution in [3.63, 3.8) is 0 Å². The Morgan fingerprint density at radius 2 is 1.80 bits per heavy atom. The summed E-state index contributed by atoms with van der Waals surface area (Å²) in [7, 11) is -4.31. The molecule has 0 bridgehead atoms. The second-order valence-corrected chi connectivity index (χ2v) is 5.32. The number of hydrogen-bond acceptors (Lipinski definition) is 4. The maximum Gasteiger partial charge on any atom is 0.295 e. The first-order valence-corrected chi connectivity index (χ1v) is 6.69. The van der Waals surface area contributed by atoms with E-state index >= 15 is 0 Å². The maximum absolute atomic E-state index is 13.4. The highest BCUT2D eigenvalue weighted by Crippen LogP contribution is 2.23. The van der Waals surface area contributed by atoms with Crippen molar-refractivity contribution in [2.24, 2.45) is 0 Å². The fourth-order valence-electron chi connectivity index (χ4n) is 1.39. The van der Waals surface area contributed by atoms with Gasteiger partial charge in [-0.15, -0.1) is 0 Å². The highest BCUT2D eigenvalue weighted by atomic mass is 32.2. The average Bonchev–Trinajstić information content (AvgIpc) is 2.89. The van der Waals surface area contributed by atoms with Gasteiger partial charge in [0.25, 0.3) is 10.0 Å². The molecule has 1 heterocycles. The van der Waals surface area contributed by atoms with Gasteiger partial charge in [0.15, 0.2) is 17.5 Å². The lowest BCUT2D eigenvalue weighted by Crippen LogP contribution is -2.14. The molecule has 0 spiro atoms. The molecule has 20 heavy (non-hydrogen) atoms. The van der Waals surface area contributed by atoms with Crippen molar-refractivity contribution in [3.05, 3.63) is 47.5 Å². The third-order valence-corrected chi connectivity index (χ3v) is 3.57. The van der Waals surface area contributed by atoms with E-state index in [-0.39, 0.29) is 5.76 Å².